The normalized spacial score (nSPS) is 11.1. The predicted octanol–water partition coefficient (Wildman–Crippen LogP) is 20.9. The molecule has 0 aliphatic heterocycles. The Morgan fingerprint density at radius 2 is 0.438 bits per heavy atom. The van der Waals surface area contributed by atoms with E-state index in [1.807, 2.05) is 34.9 Å². The van der Waals surface area contributed by atoms with E-state index >= 15 is 0 Å². The van der Waals surface area contributed by atoms with Gasteiger partial charge in [0.05, 0.1) is 0 Å². The first-order valence-corrected chi connectivity index (χ1v) is 27.8. The Morgan fingerprint density at radius 3 is 0.644 bits per heavy atom. The van der Waals surface area contributed by atoms with Gasteiger partial charge in [0.15, 0.2) is 0 Å². The molecule has 10 aromatic carbocycles. The van der Waals surface area contributed by atoms with Crippen LogP contribution < -0.4 is 9.80 Å². The van der Waals surface area contributed by atoms with Crippen molar-refractivity contribution in [2.24, 2.45) is 0 Å². The van der Waals surface area contributed by atoms with E-state index in [4.69, 9.17) is 0 Å². The van der Waals surface area contributed by atoms with Crippen molar-refractivity contribution in [1.82, 2.24) is 0 Å². The molecule has 0 radical (unpaired) electrons. The third kappa shape index (κ3) is 10.4. The molecule has 1 heterocycles. The van der Waals surface area contributed by atoms with Crippen molar-refractivity contribution in [1.29, 1.82) is 0 Å². The molecular formula is C68H54N2S3. The van der Waals surface area contributed by atoms with E-state index in [2.05, 4.69) is 291 Å². The lowest BCUT2D eigenvalue weighted by atomic mass is 10.0. The van der Waals surface area contributed by atoms with Crippen molar-refractivity contribution in [2.45, 2.75) is 23.6 Å². The second-order valence-corrected chi connectivity index (χ2v) is 21.3. The van der Waals surface area contributed by atoms with Crippen LogP contribution in [0.5, 0.6) is 0 Å². The summed E-state index contributed by atoms with van der Waals surface area (Å²) in [7, 11) is 0. The first-order valence-electron chi connectivity index (χ1n) is 25.0. The maximum atomic E-state index is 2.37. The van der Waals surface area contributed by atoms with Gasteiger partial charge in [-0.05, 0) is 140 Å². The minimum Gasteiger partial charge on any atom is -0.311 e. The topological polar surface area (TPSA) is 6.48 Å². The lowest BCUT2D eigenvalue weighted by Gasteiger charge is -2.26. The Hall–Kier alpha value is -7.80. The first-order chi connectivity index (χ1) is 36.1. The number of thiophene rings is 1. The van der Waals surface area contributed by atoms with Gasteiger partial charge in [0, 0.05) is 53.7 Å². The Bertz CT molecular complexity index is 3100. The summed E-state index contributed by atoms with van der Waals surface area (Å²) >= 11 is 5.82. The molecule has 73 heavy (non-hydrogen) atoms. The Kier molecular flexibility index (Phi) is 14.5. The summed E-state index contributed by atoms with van der Waals surface area (Å²) in [5.74, 6) is 1.98. The van der Waals surface area contributed by atoms with Crippen LogP contribution in [0.15, 0.2) is 277 Å². The Balaban J connectivity index is 0.937. The summed E-state index contributed by atoms with van der Waals surface area (Å²) in [6.45, 7) is 4.53. The van der Waals surface area contributed by atoms with Crippen molar-refractivity contribution < 1.29 is 0 Å². The molecule has 0 atom stereocenters. The smallest absolute Gasteiger partial charge is 0.0497 e. The largest absolute Gasteiger partial charge is 0.311 e. The van der Waals surface area contributed by atoms with Crippen LogP contribution in [0.1, 0.15) is 13.8 Å². The van der Waals surface area contributed by atoms with E-state index in [1.54, 1.807) is 0 Å². The molecule has 0 amide bonds. The lowest BCUT2D eigenvalue weighted by molar-refractivity contribution is 1.28. The second kappa shape index (κ2) is 22.3. The van der Waals surface area contributed by atoms with Gasteiger partial charge in [0.2, 0.25) is 0 Å². The fourth-order valence-corrected chi connectivity index (χ4v) is 13.2. The van der Waals surface area contributed by atoms with Crippen LogP contribution >= 0.6 is 34.9 Å². The molecular weight excluding hydrogens is 941 g/mol. The number of rotatable bonds is 16. The summed E-state index contributed by atoms with van der Waals surface area (Å²) in [5, 5.41) is 0. The maximum absolute atomic E-state index is 2.37. The molecule has 0 unspecified atom stereocenters. The van der Waals surface area contributed by atoms with E-state index in [1.165, 1.54) is 75.2 Å². The van der Waals surface area contributed by atoms with Gasteiger partial charge in [-0.2, -0.15) is 0 Å². The molecule has 0 aliphatic carbocycles. The van der Waals surface area contributed by atoms with Crippen LogP contribution in [0.2, 0.25) is 0 Å². The average Bonchev–Trinajstić information content (AvgIpc) is 3.82. The summed E-state index contributed by atoms with van der Waals surface area (Å²) < 4.78 is 0. The molecule has 0 fully saturated rings. The third-order valence-electron chi connectivity index (χ3n) is 13.1. The van der Waals surface area contributed by atoms with Crippen molar-refractivity contribution in [3.63, 3.8) is 0 Å². The number of nitrogens with zero attached hydrogens (tertiary/aromatic N) is 2. The van der Waals surface area contributed by atoms with E-state index in [0.29, 0.717) is 0 Å². The van der Waals surface area contributed by atoms with Crippen molar-refractivity contribution >= 4 is 69.0 Å². The molecule has 0 spiro atoms. The molecule has 0 saturated carbocycles. The molecule has 2 nitrogen and oxygen atoms in total. The van der Waals surface area contributed by atoms with Gasteiger partial charge in [-0.25, -0.2) is 0 Å². The number of hydrogen-bond acceptors (Lipinski definition) is 5. The highest BCUT2D eigenvalue weighted by molar-refractivity contribution is 8.02. The number of benzene rings is 10. The fourth-order valence-electron chi connectivity index (χ4n) is 9.48. The van der Waals surface area contributed by atoms with Gasteiger partial charge in [-0.15, -0.1) is 34.9 Å². The predicted molar refractivity (Wildman–Crippen MR) is 319 cm³/mol. The molecule has 11 rings (SSSR count). The average molecular weight is 995 g/mol. The molecule has 5 heteroatoms. The van der Waals surface area contributed by atoms with Crippen LogP contribution in [0.3, 0.4) is 0 Å². The van der Waals surface area contributed by atoms with Gasteiger partial charge in [-0.1, -0.05) is 208 Å². The molecule has 0 saturated heterocycles. The second-order valence-electron chi connectivity index (χ2n) is 17.7. The highest BCUT2D eigenvalue weighted by Crippen LogP contribution is 2.52. The summed E-state index contributed by atoms with van der Waals surface area (Å²) in [6, 6.07) is 96.6. The minimum absolute atomic E-state index is 0.990. The maximum Gasteiger partial charge on any atom is 0.0497 e. The van der Waals surface area contributed by atoms with Crippen LogP contribution in [0.25, 0.3) is 65.4 Å². The van der Waals surface area contributed by atoms with Crippen molar-refractivity contribution in [3.8, 4) is 65.4 Å². The molecule has 354 valence electrons. The number of anilines is 6. The van der Waals surface area contributed by atoms with E-state index in [0.717, 1.165) is 45.6 Å². The monoisotopic (exact) mass is 994 g/mol. The molecule has 0 N–H and O–H groups in total. The van der Waals surface area contributed by atoms with E-state index in [9.17, 15) is 0 Å². The van der Waals surface area contributed by atoms with Gasteiger partial charge in [-0.3, -0.25) is 0 Å². The molecule has 11 aromatic rings. The minimum atomic E-state index is 0.990. The van der Waals surface area contributed by atoms with Gasteiger partial charge >= 0.3 is 0 Å². The first kappa shape index (κ1) is 47.5. The third-order valence-corrected chi connectivity index (χ3v) is 16.8. The lowest BCUT2D eigenvalue weighted by Crippen LogP contribution is -2.09. The zero-order valence-electron chi connectivity index (χ0n) is 40.9. The SMILES string of the molecule is CCSc1c(-c2ccc(N(c3ccc(-c4ccccc4)cc3)c3ccc(-c4ccccc4)cc3)cc2)sc(-c2ccc(N(c3ccc(-c4ccccc4)cc3)c3ccc(-c4ccccc4)cc3)cc2)c1SCC. The summed E-state index contributed by atoms with van der Waals surface area (Å²) in [6.07, 6.45) is 0. The van der Waals surface area contributed by atoms with E-state index < -0.39 is 0 Å². The van der Waals surface area contributed by atoms with Crippen LogP contribution in [-0.4, -0.2) is 11.5 Å². The summed E-state index contributed by atoms with van der Waals surface area (Å²) in [4.78, 5) is 10.1. The standard InChI is InChI=1S/C68H54N2S3/c1-3-71-67-65(57-33-45-63(46-34-57)69(59-37-25-53(26-38-59)49-17-9-5-10-18-49)60-39-27-54(28-40-60)50-19-11-6-12-20-50)73-66(68(67)72-4-2)58-35-47-64(48-36-58)70(61-41-29-55(30-42-61)51-21-13-7-14-22-51)62-43-31-56(32-44-62)52-23-15-8-16-24-52/h5-48H,3-4H2,1-2H3. The Morgan fingerprint density at radius 1 is 0.247 bits per heavy atom. The summed E-state index contributed by atoms with van der Waals surface area (Å²) in [5.41, 5.74) is 18.7. The molecule has 1 aromatic heterocycles. The highest BCUT2D eigenvalue weighted by Gasteiger charge is 2.23. The number of thioether (sulfide) groups is 2. The van der Waals surface area contributed by atoms with E-state index in [-0.39, 0.29) is 0 Å². The van der Waals surface area contributed by atoms with Crippen LogP contribution in [-0.2, 0) is 0 Å². The van der Waals surface area contributed by atoms with Gasteiger partial charge in [0.1, 0.15) is 0 Å². The van der Waals surface area contributed by atoms with Crippen molar-refractivity contribution in [3.05, 3.63) is 267 Å². The molecule has 0 aliphatic rings. The zero-order valence-corrected chi connectivity index (χ0v) is 43.4. The van der Waals surface area contributed by atoms with Crippen LogP contribution in [0.4, 0.5) is 34.1 Å². The van der Waals surface area contributed by atoms with Crippen LogP contribution in [0, 0.1) is 0 Å². The quantitative estimate of drug-likeness (QED) is 0.0890. The number of hydrogen-bond donors (Lipinski definition) is 0. The van der Waals surface area contributed by atoms with Gasteiger partial charge in [0.25, 0.3) is 0 Å². The fraction of sp³-hybridized carbons (Fsp3) is 0.0588. The Labute approximate surface area is 443 Å². The highest BCUT2D eigenvalue weighted by atomic mass is 32.2. The zero-order chi connectivity index (χ0) is 49.3. The molecule has 0 bridgehead atoms. The van der Waals surface area contributed by atoms with Crippen molar-refractivity contribution in [2.75, 3.05) is 21.3 Å². The van der Waals surface area contributed by atoms with Gasteiger partial charge < -0.3 is 9.80 Å².